The van der Waals surface area contributed by atoms with Gasteiger partial charge in [0.2, 0.25) is 5.91 Å². The number of aliphatic hydroxyl groups excluding tert-OH is 1. The number of nitrogens with one attached hydrogen (secondary N) is 2. The minimum absolute atomic E-state index is 0. The minimum atomic E-state index is -0.188. The molecule has 2 saturated heterocycles. The van der Waals surface area contributed by atoms with Crippen LogP contribution in [-0.2, 0) is 11.3 Å². The van der Waals surface area contributed by atoms with E-state index in [9.17, 15) is 9.90 Å². The van der Waals surface area contributed by atoms with Gasteiger partial charge >= 0.3 is 0 Å². The highest BCUT2D eigenvalue weighted by Gasteiger charge is 2.30. The van der Waals surface area contributed by atoms with Crippen LogP contribution in [0.15, 0.2) is 30.5 Å². The van der Waals surface area contributed by atoms with E-state index in [1.165, 1.54) is 5.56 Å². The Morgan fingerprint density at radius 1 is 1.31 bits per heavy atom. The summed E-state index contributed by atoms with van der Waals surface area (Å²) in [5, 5.41) is 24.1. The molecular formula is C19H28Cl2N6O2. The summed E-state index contributed by atoms with van der Waals surface area (Å²) in [7, 11) is 1.65. The second-order valence-corrected chi connectivity index (χ2v) is 7.42. The maximum absolute atomic E-state index is 11.8. The van der Waals surface area contributed by atoms with E-state index in [0.717, 1.165) is 37.3 Å². The Morgan fingerprint density at radius 2 is 2.07 bits per heavy atom. The van der Waals surface area contributed by atoms with Gasteiger partial charge in [-0.1, -0.05) is 29.5 Å². The van der Waals surface area contributed by atoms with Crippen LogP contribution in [0.5, 0.6) is 0 Å². The van der Waals surface area contributed by atoms with E-state index in [1.54, 1.807) is 7.05 Å². The fraction of sp³-hybridized carbons (Fsp3) is 0.526. The van der Waals surface area contributed by atoms with E-state index in [4.69, 9.17) is 0 Å². The number of likely N-dealkylation sites (tertiary alicyclic amines) is 1. The van der Waals surface area contributed by atoms with E-state index in [-0.39, 0.29) is 48.9 Å². The van der Waals surface area contributed by atoms with Crippen molar-refractivity contribution >= 4 is 30.7 Å². The lowest BCUT2D eigenvalue weighted by Gasteiger charge is -2.14. The number of amides is 1. The third-order valence-electron chi connectivity index (χ3n) is 5.46. The molecule has 0 radical (unpaired) electrons. The van der Waals surface area contributed by atoms with E-state index in [1.807, 2.05) is 10.9 Å². The lowest BCUT2D eigenvalue weighted by atomic mass is 10.1. The summed E-state index contributed by atoms with van der Waals surface area (Å²) in [5.74, 6) is 0.0129. The predicted octanol–water partition coefficient (Wildman–Crippen LogP) is 1.00. The van der Waals surface area contributed by atoms with Crippen molar-refractivity contribution in [2.45, 2.75) is 37.6 Å². The molecule has 2 aromatic rings. The van der Waals surface area contributed by atoms with E-state index >= 15 is 0 Å². The first-order valence-corrected chi connectivity index (χ1v) is 9.49. The number of rotatable bonds is 5. The molecule has 2 aliphatic heterocycles. The zero-order valence-corrected chi connectivity index (χ0v) is 18.0. The van der Waals surface area contributed by atoms with E-state index in [0.29, 0.717) is 13.0 Å². The Balaban J connectivity index is 0.00000150. The smallest absolute Gasteiger partial charge is 0.236 e. The topological polar surface area (TPSA) is 95.3 Å². The first-order valence-electron chi connectivity index (χ1n) is 9.49. The molecule has 160 valence electrons. The van der Waals surface area contributed by atoms with Gasteiger partial charge in [-0.15, -0.1) is 29.9 Å². The zero-order valence-electron chi connectivity index (χ0n) is 16.3. The minimum Gasteiger partial charge on any atom is -0.392 e. The van der Waals surface area contributed by atoms with E-state index in [2.05, 4.69) is 50.1 Å². The number of carbonyl (C=O) groups excluding carboxylic acids is 1. The van der Waals surface area contributed by atoms with Crippen molar-refractivity contribution in [1.82, 2.24) is 30.5 Å². The number of hydrogen-bond acceptors (Lipinski definition) is 6. The Hall–Kier alpha value is -1.71. The molecule has 3 N–H and O–H groups in total. The summed E-state index contributed by atoms with van der Waals surface area (Å²) >= 11 is 0. The molecule has 0 unspecified atom stereocenters. The van der Waals surface area contributed by atoms with Crippen molar-refractivity contribution in [2.75, 3.05) is 26.7 Å². The molecule has 0 bridgehead atoms. The highest BCUT2D eigenvalue weighted by Crippen LogP contribution is 2.23. The Labute approximate surface area is 182 Å². The molecule has 1 aromatic carbocycles. The van der Waals surface area contributed by atoms with Crippen LogP contribution < -0.4 is 10.6 Å². The lowest BCUT2D eigenvalue weighted by molar-refractivity contribution is -0.122. The highest BCUT2D eigenvalue weighted by molar-refractivity contribution is 5.85. The summed E-state index contributed by atoms with van der Waals surface area (Å²) in [5.41, 5.74) is 3.09. The highest BCUT2D eigenvalue weighted by atomic mass is 35.5. The molecule has 2 fully saturated rings. The summed E-state index contributed by atoms with van der Waals surface area (Å²) in [4.78, 5) is 14.0. The molecule has 1 aromatic heterocycles. The quantitative estimate of drug-likeness (QED) is 0.639. The fourth-order valence-electron chi connectivity index (χ4n) is 3.87. The van der Waals surface area contributed by atoms with Gasteiger partial charge in [0.25, 0.3) is 0 Å². The fourth-order valence-corrected chi connectivity index (χ4v) is 3.87. The maximum atomic E-state index is 11.8. The van der Waals surface area contributed by atoms with Crippen LogP contribution >= 0.6 is 24.8 Å². The van der Waals surface area contributed by atoms with Crippen molar-refractivity contribution in [2.24, 2.45) is 0 Å². The van der Waals surface area contributed by atoms with E-state index < -0.39 is 0 Å². The third kappa shape index (κ3) is 5.46. The van der Waals surface area contributed by atoms with Crippen LogP contribution in [0.2, 0.25) is 0 Å². The average molecular weight is 443 g/mol. The third-order valence-corrected chi connectivity index (χ3v) is 5.46. The number of carbonyl (C=O) groups is 1. The Morgan fingerprint density at radius 3 is 2.72 bits per heavy atom. The van der Waals surface area contributed by atoms with Crippen LogP contribution in [0.4, 0.5) is 0 Å². The SMILES string of the molecule is CNC(=O)[C@@H]1C[C@H](n2cc(-c3ccc(CN4CC[C@@H](O)C4)cc3)nn2)CN1.Cl.Cl. The van der Waals surface area contributed by atoms with Gasteiger partial charge < -0.3 is 15.7 Å². The molecule has 10 heteroatoms. The molecule has 1 amide bonds. The molecule has 4 rings (SSSR count). The molecule has 29 heavy (non-hydrogen) atoms. The van der Waals surface area contributed by atoms with Gasteiger partial charge in [0.15, 0.2) is 0 Å². The van der Waals surface area contributed by atoms with Gasteiger partial charge in [-0.2, -0.15) is 0 Å². The molecule has 0 saturated carbocycles. The predicted molar refractivity (Wildman–Crippen MR) is 115 cm³/mol. The van der Waals surface area contributed by atoms with Crippen molar-refractivity contribution < 1.29 is 9.90 Å². The molecule has 3 atom stereocenters. The molecule has 3 heterocycles. The van der Waals surface area contributed by atoms with Crippen molar-refractivity contribution in [3.05, 3.63) is 36.0 Å². The molecule has 2 aliphatic rings. The number of aliphatic hydroxyl groups is 1. The first kappa shape index (κ1) is 23.6. The zero-order chi connectivity index (χ0) is 18.8. The van der Waals surface area contributed by atoms with Crippen LogP contribution in [0, 0.1) is 0 Å². The molecular weight excluding hydrogens is 415 g/mol. The molecule has 0 aliphatic carbocycles. The van der Waals surface area contributed by atoms with Gasteiger partial charge in [-0.05, 0) is 18.4 Å². The van der Waals surface area contributed by atoms with Crippen molar-refractivity contribution in [1.29, 1.82) is 0 Å². The Kier molecular flexibility index (Phi) is 8.42. The normalized spacial score (nSPS) is 24.0. The van der Waals surface area contributed by atoms with Gasteiger partial charge in [0, 0.05) is 38.8 Å². The number of halogens is 2. The Bertz CT molecular complexity index is 800. The average Bonchev–Trinajstić information content (AvgIpc) is 3.42. The van der Waals surface area contributed by atoms with Crippen LogP contribution in [0.3, 0.4) is 0 Å². The number of likely N-dealkylation sites (N-methyl/N-ethyl adjacent to an activating group) is 1. The summed E-state index contributed by atoms with van der Waals surface area (Å²) in [6, 6.07) is 8.31. The van der Waals surface area contributed by atoms with Crippen LogP contribution in [0.25, 0.3) is 11.3 Å². The molecule has 0 spiro atoms. The van der Waals surface area contributed by atoms with Gasteiger partial charge in [-0.3, -0.25) is 9.69 Å². The van der Waals surface area contributed by atoms with Gasteiger partial charge in [-0.25, -0.2) is 4.68 Å². The van der Waals surface area contributed by atoms with Gasteiger partial charge in [0.05, 0.1) is 24.4 Å². The number of nitrogens with zero attached hydrogens (tertiary/aromatic N) is 4. The van der Waals surface area contributed by atoms with Crippen molar-refractivity contribution in [3.63, 3.8) is 0 Å². The summed E-state index contributed by atoms with van der Waals surface area (Å²) in [6.45, 7) is 3.27. The van der Waals surface area contributed by atoms with Crippen LogP contribution in [-0.4, -0.2) is 69.7 Å². The first-order chi connectivity index (χ1) is 13.1. The summed E-state index contributed by atoms with van der Waals surface area (Å²) < 4.78 is 1.85. The standard InChI is InChI=1S/C19H26N6O2.2ClH/c1-20-19(27)17-8-15(9-21-17)25-12-18(22-23-25)14-4-2-13(3-5-14)10-24-7-6-16(26)11-24;;/h2-5,12,15-17,21,26H,6-11H2,1H3,(H,20,27);2*1H/t15-,16+,17-;;/m0../s1. The second-order valence-electron chi connectivity index (χ2n) is 7.42. The monoisotopic (exact) mass is 442 g/mol. The second kappa shape index (κ2) is 10.4. The largest absolute Gasteiger partial charge is 0.392 e. The number of hydrogen-bond donors (Lipinski definition) is 3. The lowest BCUT2D eigenvalue weighted by Crippen LogP contribution is -2.38. The number of benzene rings is 1. The maximum Gasteiger partial charge on any atom is 0.236 e. The summed E-state index contributed by atoms with van der Waals surface area (Å²) in [6.07, 6.45) is 3.33. The van der Waals surface area contributed by atoms with Crippen molar-refractivity contribution in [3.8, 4) is 11.3 Å². The van der Waals surface area contributed by atoms with Gasteiger partial charge in [0.1, 0.15) is 5.69 Å². The molecule has 8 nitrogen and oxygen atoms in total. The number of aromatic nitrogens is 3. The number of β-amino-alcohol motifs (C(OH)–C–C–N with tert-alkyl or cyclic N) is 1. The van der Waals surface area contributed by atoms with Crippen LogP contribution in [0.1, 0.15) is 24.4 Å².